The SMILES string of the molecule is CC(C)(C)OC(=O)N1CCCCC1C(=O)NCCN1CCN(c2ccccc2)CC1. The Kier molecular flexibility index (Phi) is 7.58. The molecule has 2 fully saturated rings. The Hall–Kier alpha value is -2.28. The highest BCUT2D eigenvalue weighted by atomic mass is 16.6. The van der Waals surface area contributed by atoms with E-state index in [1.54, 1.807) is 4.90 Å². The maximum absolute atomic E-state index is 12.8. The topological polar surface area (TPSA) is 65.1 Å². The van der Waals surface area contributed by atoms with Gasteiger partial charge in [0.1, 0.15) is 11.6 Å². The summed E-state index contributed by atoms with van der Waals surface area (Å²) in [5, 5.41) is 3.05. The number of carbonyl (C=O) groups excluding carboxylic acids is 2. The fraction of sp³-hybridized carbons (Fsp3) is 0.652. The Morgan fingerprint density at radius 1 is 1.03 bits per heavy atom. The number of hydrogen-bond acceptors (Lipinski definition) is 5. The zero-order chi connectivity index (χ0) is 21.6. The summed E-state index contributed by atoms with van der Waals surface area (Å²) >= 11 is 0. The van der Waals surface area contributed by atoms with Crippen molar-refractivity contribution >= 4 is 17.7 Å². The molecule has 7 nitrogen and oxygen atoms in total. The number of benzene rings is 1. The molecule has 2 heterocycles. The zero-order valence-electron chi connectivity index (χ0n) is 18.6. The van der Waals surface area contributed by atoms with Gasteiger partial charge in [-0.15, -0.1) is 0 Å². The highest BCUT2D eigenvalue weighted by molar-refractivity contribution is 5.85. The summed E-state index contributed by atoms with van der Waals surface area (Å²) in [6.45, 7) is 11.5. The number of piperidine rings is 1. The van der Waals surface area contributed by atoms with Crippen LogP contribution in [-0.4, -0.2) is 79.3 Å². The number of nitrogens with zero attached hydrogens (tertiary/aromatic N) is 3. The van der Waals surface area contributed by atoms with Crippen molar-refractivity contribution in [1.29, 1.82) is 0 Å². The van der Waals surface area contributed by atoms with Gasteiger partial charge in [-0.1, -0.05) is 18.2 Å². The molecule has 0 spiro atoms. The number of anilines is 1. The third-order valence-electron chi connectivity index (χ3n) is 5.65. The Morgan fingerprint density at radius 3 is 2.40 bits per heavy atom. The Labute approximate surface area is 180 Å². The van der Waals surface area contributed by atoms with E-state index in [1.807, 2.05) is 26.8 Å². The van der Waals surface area contributed by atoms with Crippen molar-refractivity contribution < 1.29 is 14.3 Å². The minimum atomic E-state index is -0.558. The number of nitrogens with one attached hydrogen (secondary N) is 1. The van der Waals surface area contributed by atoms with E-state index in [2.05, 4.69) is 39.4 Å². The molecule has 30 heavy (non-hydrogen) atoms. The van der Waals surface area contributed by atoms with Crippen molar-refractivity contribution in [3.63, 3.8) is 0 Å². The molecule has 1 aromatic rings. The van der Waals surface area contributed by atoms with Gasteiger partial charge in [-0.05, 0) is 52.2 Å². The van der Waals surface area contributed by atoms with E-state index in [0.29, 0.717) is 19.5 Å². The predicted octanol–water partition coefficient (Wildman–Crippen LogP) is 2.71. The molecule has 0 saturated carbocycles. The molecule has 0 radical (unpaired) electrons. The van der Waals surface area contributed by atoms with Gasteiger partial charge in [0.2, 0.25) is 5.91 Å². The molecular formula is C23H36N4O3. The molecule has 0 aromatic heterocycles. The normalized spacial score (nSPS) is 20.7. The smallest absolute Gasteiger partial charge is 0.410 e. The number of amides is 2. The maximum Gasteiger partial charge on any atom is 0.410 e. The van der Waals surface area contributed by atoms with E-state index >= 15 is 0 Å². The summed E-state index contributed by atoms with van der Waals surface area (Å²) in [5.74, 6) is -0.0662. The molecule has 1 atom stereocenters. The van der Waals surface area contributed by atoms with Crippen LogP contribution in [0.5, 0.6) is 0 Å². The molecule has 2 aliphatic heterocycles. The minimum absolute atomic E-state index is 0.0662. The van der Waals surface area contributed by atoms with E-state index in [0.717, 1.165) is 45.6 Å². The quantitative estimate of drug-likeness (QED) is 0.800. The van der Waals surface area contributed by atoms with E-state index in [1.165, 1.54) is 5.69 Å². The first-order valence-corrected chi connectivity index (χ1v) is 11.1. The van der Waals surface area contributed by atoms with Gasteiger partial charge in [0.05, 0.1) is 0 Å². The highest BCUT2D eigenvalue weighted by Gasteiger charge is 2.34. The first-order valence-electron chi connectivity index (χ1n) is 11.1. The summed E-state index contributed by atoms with van der Waals surface area (Å²) in [6, 6.07) is 10.1. The van der Waals surface area contributed by atoms with E-state index in [-0.39, 0.29) is 12.0 Å². The molecule has 2 aliphatic rings. The molecule has 1 N–H and O–H groups in total. The first-order chi connectivity index (χ1) is 14.3. The van der Waals surface area contributed by atoms with Crippen LogP contribution in [0.1, 0.15) is 40.0 Å². The molecule has 1 unspecified atom stereocenters. The average molecular weight is 417 g/mol. The number of piperazine rings is 1. The van der Waals surface area contributed by atoms with Crippen molar-refractivity contribution in [2.75, 3.05) is 50.7 Å². The number of ether oxygens (including phenoxy) is 1. The monoisotopic (exact) mass is 416 g/mol. The second-order valence-electron chi connectivity index (χ2n) is 9.14. The lowest BCUT2D eigenvalue weighted by Gasteiger charge is -2.37. The molecule has 1 aromatic carbocycles. The third kappa shape index (κ3) is 6.36. The van der Waals surface area contributed by atoms with Crippen LogP contribution in [0.15, 0.2) is 30.3 Å². The first kappa shape index (κ1) is 22.4. The number of rotatable bonds is 5. The fourth-order valence-corrected chi connectivity index (χ4v) is 4.07. The average Bonchev–Trinajstić information content (AvgIpc) is 2.73. The van der Waals surface area contributed by atoms with Crippen LogP contribution < -0.4 is 10.2 Å². The minimum Gasteiger partial charge on any atom is -0.444 e. The van der Waals surface area contributed by atoms with Gasteiger partial charge >= 0.3 is 6.09 Å². The second kappa shape index (κ2) is 10.2. The van der Waals surface area contributed by atoms with Crippen LogP contribution in [0, 0.1) is 0 Å². The second-order valence-corrected chi connectivity index (χ2v) is 9.14. The summed E-state index contributed by atoms with van der Waals surface area (Å²) in [7, 11) is 0. The summed E-state index contributed by atoms with van der Waals surface area (Å²) in [6.07, 6.45) is 2.17. The van der Waals surface area contributed by atoms with Crippen molar-refractivity contribution in [1.82, 2.24) is 15.1 Å². The molecule has 2 amide bonds. The van der Waals surface area contributed by atoms with Crippen LogP contribution in [0.4, 0.5) is 10.5 Å². The van der Waals surface area contributed by atoms with Gasteiger partial charge < -0.3 is 15.0 Å². The number of para-hydroxylation sites is 1. The predicted molar refractivity (Wildman–Crippen MR) is 119 cm³/mol. The lowest BCUT2D eigenvalue weighted by atomic mass is 10.0. The summed E-state index contributed by atoms with van der Waals surface area (Å²) in [4.78, 5) is 31.7. The Balaban J connectivity index is 1.42. The van der Waals surface area contributed by atoms with Gasteiger partial charge in [0, 0.05) is 51.5 Å². The largest absolute Gasteiger partial charge is 0.444 e. The summed E-state index contributed by atoms with van der Waals surface area (Å²) in [5.41, 5.74) is 0.710. The highest BCUT2D eigenvalue weighted by Crippen LogP contribution is 2.21. The third-order valence-corrected chi connectivity index (χ3v) is 5.65. The number of carbonyl (C=O) groups is 2. The van der Waals surface area contributed by atoms with Gasteiger partial charge in [0.15, 0.2) is 0 Å². The van der Waals surface area contributed by atoms with Crippen molar-refractivity contribution in [3.05, 3.63) is 30.3 Å². The molecule has 7 heteroatoms. The van der Waals surface area contributed by atoms with E-state index < -0.39 is 11.6 Å². The molecule has 166 valence electrons. The molecular weight excluding hydrogens is 380 g/mol. The van der Waals surface area contributed by atoms with E-state index in [9.17, 15) is 9.59 Å². The molecule has 2 saturated heterocycles. The van der Waals surface area contributed by atoms with Crippen LogP contribution in [0.3, 0.4) is 0 Å². The molecule has 0 aliphatic carbocycles. The lowest BCUT2D eigenvalue weighted by Crippen LogP contribution is -2.54. The van der Waals surface area contributed by atoms with Crippen molar-refractivity contribution in [2.45, 2.75) is 51.7 Å². The Morgan fingerprint density at radius 2 is 1.73 bits per heavy atom. The van der Waals surface area contributed by atoms with E-state index in [4.69, 9.17) is 4.74 Å². The lowest BCUT2D eigenvalue weighted by molar-refractivity contribution is -0.127. The van der Waals surface area contributed by atoms with Crippen molar-refractivity contribution in [2.24, 2.45) is 0 Å². The van der Waals surface area contributed by atoms with Gasteiger partial charge in [-0.3, -0.25) is 14.6 Å². The fourth-order valence-electron chi connectivity index (χ4n) is 4.07. The van der Waals surface area contributed by atoms with Gasteiger partial charge in [-0.2, -0.15) is 0 Å². The number of likely N-dealkylation sites (tertiary alicyclic amines) is 1. The molecule has 3 rings (SSSR count). The standard InChI is InChI=1S/C23H36N4O3/c1-23(2,3)30-22(29)27-13-8-7-11-20(27)21(28)24-12-14-25-15-17-26(18-16-25)19-9-5-4-6-10-19/h4-6,9-10,20H,7-8,11-18H2,1-3H3,(H,24,28). The maximum atomic E-state index is 12.8. The molecule has 0 bridgehead atoms. The van der Waals surface area contributed by atoms with Crippen molar-refractivity contribution in [3.8, 4) is 0 Å². The summed E-state index contributed by atoms with van der Waals surface area (Å²) < 4.78 is 5.50. The van der Waals surface area contributed by atoms with Crippen LogP contribution >= 0.6 is 0 Å². The van der Waals surface area contributed by atoms with Crippen LogP contribution in [0.25, 0.3) is 0 Å². The van der Waals surface area contributed by atoms with Crippen LogP contribution in [-0.2, 0) is 9.53 Å². The van der Waals surface area contributed by atoms with Crippen LogP contribution in [0.2, 0.25) is 0 Å². The number of hydrogen-bond donors (Lipinski definition) is 1. The van der Waals surface area contributed by atoms with Gasteiger partial charge in [0.25, 0.3) is 0 Å². The zero-order valence-corrected chi connectivity index (χ0v) is 18.6. The Bertz CT molecular complexity index is 696. The van der Waals surface area contributed by atoms with Gasteiger partial charge in [-0.25, -0.2) is 4.79 Å².